The molecule has 1 saturated carbocycles. The van der Waals surface area contributed by atoms with E-state index in [1.54, 1.807) is 0 Å². The van der Waals surface area contributed by atoms with Crippen LogP contribution in [0.4, 0.5) is 0 Å². The Morgan fingerprint density at radius 1 is 1.20 bits per heavy atom. The molecule has 3 nitrogen and oxygen atoms in total. The first-order chi connectivity index (χ1) is 9.81. The number of aromatic nitrogens is 1. The molecule has 4 heteroatoms. The molecule has 1 N–H and O–H groups in total. The highest BCUT2D eigenvalue weighted by atomic mass is 32.1. The zero-order valence-electron chi connectivity index (χ0n) is 11.9. The van der Waals surface area contributed by atoms with E-state index >= 15 is 0 Å². The van der Waals surface area contributed by atoms with Crippen molar-refractivity contribution in [3.8, 4) is 0 Å². The topological polar surface area (TPSA) is 28.2 Å². The fraction of sp³-hybridized carbons (Fsp3) is 0.562. The average Bonchev–Trinajstić information content (AvgIpc) is 2.97. The van der Waals surface area contributed by atoms with E-state index in [1.165, 1.54) is 43.4 Å². The molecule has 20 heavy (non-hydrogen) atoms. The van der Waals surface area contributed by atoms with Crippen molar-refractivity contribution in [1.82, 2.24) is 15.2 Å². The molecule has 0 aromatic carbocycles. The molecule has 0 amide bonds. The van der Waals surface area contributed by atoms with Crippen LogP contribution in [0.2, 0.25) is 0 Å². The maximum Gasteiger partial charge on any atom is 0.0929 e. The first kappa shape index (κ1) is 13.8. The fourth-order valence-corrected chi connectivity index (χ4v) is 3.26. The van der Waals surface area contributed by atoms with Crippen LogP contribution in [-0.4, -0.2) is 22.6 Å². The number of thiol groups is 1. The van der Waals surface area contributed by atoms with Crippen LogP contribution < -0.4 is 5.32 Å². The molecule has 1 aliphatic heterocycles. The van der Waals surface area contributed by atoms with Crippen molar-refractivity contribution in [3.63, 3.8) is 0 Å². The van der Waals surface area contributed by atoms with Gasteiger partial charge in [0.1, 0.15) is 0 Å². The van der Waals surface area contributed by atoms with Gasteiger partial charge < -0.3 is 10.2 Å². The van der Waals surface area contributed by atoms with E-state index in [-0.39, 0.29) is 0 Å². The lowest BCUT2D eigenvalue weighted by atomic mass is 9.95. The lowest BCUT2D eigenvalue weighted by molar-refractivity contribution is 0.225. The molecule has 1 fully saturated rings. The van der Waals surface area contributed by atoms with Gasteiger partial charge in [0.25, 0.3) is 0 Å². The normalized spacial score (nSPS) is 19.9. The van der Waals surface area contributed by atoms with Crippen LogP contribution in [0.25, 0.3) is 0 Å². The van der Waals surface area contributed by atoms with Crippen LogP contribution in [0.5, 0.6) is 0 Å². The van der Waals surface area contributed by atoms with E-state index in [1.807, 2.05) is 12.3 Å². The number of aryl methyl sites for hydroxylation is 1. The van der Waals surface area contributed by atoms with Gasteiger partial charge in [-0.05, 0) is 37.3 Å². The van der Waals surface area contributed by atoms with E-state index in [4.69, 9.17) is 0 Å². The van der Waals surface area contributed by atoms with Crippen LogP contribution in [0.3, 0.4) is 0 Å². The summed E-state index contributed by atoms with van der Waals surface area (Å²) in [5.41, 5.74) is 2.65. The van der Waals surface area contributed by atoms with Gasteiger partial charge >= 0.3 is 0 Å². The summed E-state index contributed by atoms with van der Waals surface area (Å²) in [5, 5.41) is 4.32. The molecule has 1 aromatic heterocycles. The van der Waals surface area contributed by atoms with Crippen molar-refractivity contribution >= 4 is 12.6 Å². The van der Waals surface area contributed by atoms with Gasteiger partial charge in [-0.25, -0.2) is 4.98 Å². The molecule has 0 spiro atoms. The summed E-state index contributed by atoms with van der Waals surface area (Å²) in [5.74, 6) is 0. The molecule has 3 rings (SSSR count). The van der Waals surface area contributed by atoms with Crippen LogP contribution in [0.1, 0.15) is 44.1 Å². The maximum absolute atomic E-state index is 4.23. The Labute approximate surface area is 126 Å². The molecule has 0 bridgehead atoms. The quantitative estimate of drug-likeness (QED) is 0.833. The minimum absolute atomic E-state index is 0.763. The number of nitrogens with zero attached hydrogens (tertiary/aromatic N) is 2. The van der Waals surface area contributed by atoms with Crippen molar-refractivity contribution in [2.75, 3.05) is 6.67 Å². The number of hydrogen-bond donors (Lipinski definition) is 2. The maximum atomic E-state index is 4.23. The van der Waals surface area contributed by atoms with Gasteiger partial charge in [-0.1, -0.05) is 25.3 Å². The number of rotatable bonds is 4. The van der Waals surface area contributed by atoms with Crippen molar-refractivity contribution < 1.29 is 0 Å². The lowest BCUT2D eigenvalue weighted by Gasteiger charge is -2.30. The van der Waals surface area contributed by atoms with Gasteiger partial charge in [0.05, 0.1) is 11.7 Å². The Morgan fingerprint density at radius 3 is 2.80 bits per heavy atom. The summed E-state index contributed by atoms with van der Waals surface area (Å²) in [4.78, 5) is 6.73. The minimum Gasteiger partial charge on any atom is -0.370 e. The molecular weight excluding hydrogens is 266 g/mol. The van der Waals surface area contributed by atoms with Gasteiger partial charge in [0.15, 0.2) is 0 Å². The second-order valence-electron chi connectivity index (χ2n) is 5.82. The second-order valence-corrected chi connectivity index (χ2v) is 6.28. The highest BCUT2D eigenvalue weighted by Gasteiger charge is 2.22. The molecule has 1 aliphatic carbocycles. The molecule has 0 atom stereocenters. The molecule has 2 aliphatic rings. The fourth-order valence-electron chi connectivity index (χ4n) is 3.13. The highest BCUT2D eigenvalue weighted by molar-refractivity contribution is 7.80. The Hall–Kier alpha value is -1.16. The molecule has 108 valence electrons. The largest absolute Gasteiger partial charge is 0.370 e. The van der Waals surface area contributed by atoms with E-state index in [2.05, 4.69) is 40.1 Å². The Bertz CT molecular complexity index is 463. The second kappa shape index (κ2) is 6.53. The van der Waals surface area contributed by atoms with Gasteiger partial charge in [-0.15, -0.1) is 12.6 Å². The third-order valence-corrected chi connectivity index (χ3v) is 4.61. The smallest absolute Gasteiger partial charge is 0.0929 e. The van der Waals surface area contributed by atoms with E-state index in [0.717, 1.165) is 30.6 Å². The standard InChI is InChI=1S/C16H23N3S/c20-16-9-7-13(10-17-16)6-8-14-11-19(12-18-14)15-4-2-1-3-5-15/h7,9-11,15,18H,1-6,8,12H2,(H,17,20). The van der Waals surface area contributed by atoms with Gasteiger partial charge in [0.2, 0.25) is 0 Å². The summed E-state index contributed by atoms with van der Waals surface area (Å²) >= 11 is 4.22. The SMILES string of the molecule is Sc1ccc(CCC2=CN(C3CCCCC3)CN2)cn1. The molecule has 2 heterocycles. The van der Waals surface area contributed by atoms with Crippen molar-refractivity contribution in [1.29, 1.82) is 0 Å². The Morgan fingerprint density at radius 2 is 2.05 bits per heavy atom. The van der Waals surface area contributed by atoms with E-state index < -0.39 is 0 Å². The van der Waals surface area contributed by atoms with E-state index in [0.29, 0.717) is 0 Å². The predicted molar refractivity (Wildman–Crippen MR) is 84.6 cm³/mol. The Kier molecular flexibility index (Phi) is 4.51. The summed E-state index contributed by atoms with van der Waals surface area (Å²) < 4.78 is 0. The van der Waals surface area contributed by atoms with Crippen molar-refractivity contribution in [2.24, 2.45) is 0 Å². The summed E-state index contributed by atoms with van der Waals surface area (Å²) in [6.45, 7) is 0.994. The van der Waals surface area contributed by atoms with Gasteiger partial charge in [-0.2, -0.15) is 0 Å². The van der Waals surface area contributed by atoms with Crippen LogP contribution in [0, 0.1) is 0 Å². The minimum atomic E-state index is 0.763. The van der Waals surface area contributed by atoms with Gasteiger partial charge in [-0.3, -0.25) is 0 Å². The third-order valence-electron chi connectivity index (χ3n) is 4.35. The molecule has 0 saturated heterocycles. The molecular formula is C16H23N3S. The van der Waals surface area contributed by atoms with Crippen LogP contribution >= 0.6 is 12.6 Å². The molecule has 0 unspecified atom stereocenters. The number of nitrogens with one attached hydrogen (secondary N) is 1. The predicted octanol–water partition coefficient (Wildman–Crippen LogP) is 3.34. The van der Waals surface area contributed by atoms with Crippen molar-refractivity contribution in [3.05, 3.63) is 35.8 Å². The lowest BCUT2D eigenvalue weighted by Crippen LogP contribution is -2.33. The first-order valence-electron chi connectivity index (χ1n) is 7.65. The Balaban J connectivity index is 1.51. The monoisotopic (exact) mass is 289 g/mol. The molecule has 1 aromatic rings. The van der Waals surface area contributed by atoms with E-state index in [9.17, 15) is 0 Å². The summed E-state index contributed by atoms with van der Waals surface area (Å²) in [6, 6.07) is 4.84. The molecule has 0 radical (unpaired) electrons. The van der Waals surface area contributed by atoms with Gasteiger partial charge in [0, 0.05) is 24.1 Å². The zero-order chi connectivity index (χ0) is 13.8. The zero-order valence-corrected chi connectivity index (χ0v) is 12.8. The average molecular weight is 289 g/mol. The van der Waals surface area contributed by atoms with Crippen LogP contribution in [-0.2, 0) is 6.42 Å². The number of hydrogen-bond acceptors (Lipinski definition) is 4. The number of allylic oxidation sites excluding steroid dienone is 1. The number of pyridine rings is 1. The van der Waals surface area contributed by atoms with Crippen LogP contribution in [0.15, 0.2) is 35.3 Å². The third kappa shape index (κ3) is 3.48. The summed E-state index contributed by atoms with van der Waals surface area (Å²) in [6.07, 6.45) is 13.3. The first-order valence-corrected chi connectivity index (χ1v) is 8.10. The van der Waals surface area contributed by atoms with Crippen molar-refractivity contribution in [2.45, 2.75) is 56.0 Å². The highest BCUT2D eigenvalue weighted by Crippen LogP contribution is 2.25. The summed E-state index contributed by atoms with van der Waals surface area (Å²) in [7, 11) is 0.